The lowest BCUT2D eigenvalue weighted by molar-refractivity contribution is 0.0730. The molecule has 172 valence electrons. The van der Waals surface area contributed by atoms with Crippen molar-refractivity contribution in [3.8, 4) is 5.75 Å². The number of ether oxygens (including phenoxy) is 2. The summed E-state index contributed by atoms with van der Waals surface area (Å²) in [7, 11) is -2.23. The lowest BCUT2D eigenvalue weighted by Crippen LogP contribution is -2.40. The lowest BCUT2D eigenvalue weighted by Gasteiger charge is -2.31. The predicted octanol–water partition coefficient (Wildman–Crippen LogP) is 3.43. The third-order valence-corrected chi connectivity index (χ3v) is 8.04. The first-order chi connectivity index (χ1) is 15.3. The summed E-state index contributed by atoms with van der Waals surface area (Å²) in [5, 5.41) is 0. The molecule has 32 heavy (non-hydrogen) atoms. The van der Waals surface area contributed by atoms with Crippen LogP contribution in [0.4, 0.5) is 5.69 Å². The number of aryl methyl sites for hydroxylation is 1. The second-order valence-corrected chi connectivity index (χ2v) is 10.4. The standard InChI is InChI=1S/C24H30N2O5S/c1-17(2)18-6-8-22-19(15-18)5-4-10-26(22)24(27)21-16-20(7-9-23(21)30-3)32(28,29)25-11-13-31-14-12-25/h6-9,15-17H,4-5,10-14H2,1-3H3. The predicted molar refractivity (Wildman–Crippen MR) is 123 cm³/mol. The summed E-state index contributed by atoms with van der Waals surface area (Å²) in [4.78, 5) is 15.5. The average Bonchev–Trinajstić information content (AvgIpc) is 2.82. The molecule has 8 heteroatoms. The number of amides is 1. The summed E-state index contributed by atoms with van der Waals surface area (Å²) in [5.74, 6) is 0.523. The van der Waals surface area contributed by atoms with E-state index in [9.17, 15) is 13.2 Å². The summed E-state index contributed by atoms with van der Waals surface area (Å²) < 4.78 is 38.4. The van der Waals surface area contributed by atoms with Crippen LogP contribution in [0.2, 0.25) is 0 Å². The van der Waals surface area contributed by atoms with E-state index in [4.69, 9.17) is 9.47 Å². The van der Waals surface area contributed by atoms with E-state index in [2.05, 4.69) is 26.0 Å². The topological polar surface area (TPSA) is 76.1 Å². The zero-order chi connectivity index (χ0) is 22.9. The van der Waals surface area contributed by atoms with Crippen LogP contribution in [0.5, 0.6) is 5.75 Å². The van der Waals surface area contributed by atoms with Gasteiger partial charge in [-0.2, -0.15) is 4.31 Å². The molecular weight excluding hydrogens is 428 g/mol. The maximum Gasteiger partial charge on any atom is 0.262 e. The quantitative estimate of drug-likeness (QED) is 0.686. The van der Waals surface area contributed by atoms with E-state index in [1.165, 1.54) is 29.1 Å². The molecule has 0 unspecified atom stereocenters. The summed E-state index contributed by atoms with van der Waals surface area (Å²) in [6, 6.07) is 10.7. The van der Waals surface area contributed by atoms with Crippen LogP contribution in [-0.2, 0) is 21.2 Å². The van der Waals surface area contributed by atoms with Crippen molar-refractivity contribution in [2.24, 2.45) is 0 Å². The number of hydrogen-bond donors (Lipinski definition) is 0. The molecule has 0 aliphatic carbocycles. The van der Waals surface area contributed by atoms with E-state index in [1.54, 1.807) is 11.0 Å². The Balaban J connectivity index is 1.71. The second kappa shape index (κ2) is 9.21. The van der Waals surface area contributed by atoms with Crippen molar-refractivity contribution in [1.82, 2.24) is 4.31 Å². The molecule has 2 aromatic carbocycles. The fourth-order valence-corrected chi connectivity index (χ4v) is 5.72. The molecule has 0 saturated carbocycles. The van der Waals surface area contributed by atoms with Crippen molar-refractivity contribution < 1.29 is 22.7 Å². The molecule has 1 saturated heterocycles. The summed E-state index contributed by atoms with van der Waals surface area (Å²) in [6.45, 7) is 6.22. The highest BCUT2D eigenvalue weighted by molar-refractivity contribution is 7.89. The van der Waals surface area contributed by atoms with E-state index in [-0.39, 0.29) is 16.4 Å². The van der Waals surface area contributed by atoms with E-state index in [1.807, 2.05) is 6.07 Å². The minimum Gasteiger partial charge on any atom is -0.496 e. The molecule has 0 N–H and O–H groups in total. The molecule has 2 aliphatic heterocycles. The molecule has 0 aromatic heterocycles. The van der Waals surface area contributed by atoms with E-state index >= 15 is 0 Å². The van der Waals surface area contributed by atoms with Gasteiger partial charge in [0.05, 0.1) is 30.8 Å². The number of carbonyl (C=O) groups excluding carboxylic acids is 1. The fourth-order valence-electron chi connectivity index (χ4n) is 4.28. The van der Waals surface area contributed by atoms with Gasteiger partial charge in [-0.25, -0.2) is 8.42 Å². The number of nitrogens with zero attached hydrogens (tertiary/aromatic N) is 2. The van der Waals surface area contributed by atoms with Crippen molar-refractivity contribution in [1.29, 1.82) is 0 Å². The Morgan fingerprint density at radius 2 is 1.81 bits per heavy atom. The minimum atomic E-state index is -3.72. The van der Waals surface area contributed by atoms with Crippen LogP contribution in [0.15, 0.2) is 41.3 Å². The molecule has 2 heterocycles. The number of benzene rings is 2. The minimum absolute atomic E-state index is 0.0935. The number of rotatable bonds is 5. The van der Waals surface area contributed by atoms with Gasteiger partial charge in [0.15, 0.2) is 0 Å². The van der Waals surface area contributed by atoms with Gasteiger partial charge in [0.2, 0.25) is 10.0 Å². The molecule has 7 nitrogen and oxygen atoms in total. The van der Waals surface area contributed by atoms with Crippen molar-refractivity contribution in [2.45, 2.75) is 37.5 Å². The highest BCUT2D eigenvalue weighted by Gasteiger charge is 2.30. The monoisotopic (exact) mass is 458 g/mol. The van der Waals surface area contributed by atoms with Crippen molar-refractivity contribution in [2.75, 3.05) is 44.9 Å². The number of anilines is 1. The van der Waals surface area contributed by atoms with Crippen LogP contribution in [0.25, 0.3) is 0 Å². The highest BCUT2D eigenvalue weighted by atomic mass is 32.2. The Labute approximate surface area is 190 Å². The van der Waals surface area contributed by atoms with Crippen LogP contribution in [0.3, 0.4) is 0 Å². The fraction of sp³-hybridized carbons (Fsp3) is 0.458. The second-order valence-electron chi connectivity index (χ2n) is 8.48. The van der Waals surface area contributed by atoms with Crippen LogP contribution < -0.4 is 9.64 Å². The maximum absolute atomic E-state index is 13.6. The normalized spacial score (nSPS) is 17.3. The number of sulfonamides is 1. The lowest BCUT2D eigenvalue weighted by atomic mass is 9.94. The first-order valence-electron chi connectivity index (χ1n) is 11.0. The Hall–Kier alpha value is -2.42. The molecule has 1 fully saturated rings. The largest absolute Gasteiger partial charge is 0.496 e. The first kappa shape index (κ1) is 22.8. The highest BCUT2D eigenvalue weighted by Crippen LogP contribution is 2.33. The first-order valence-corrected chi connectivity index (χ1v) is 12.5. The Bertz CT molecular complexity index is 1110. The molecule has 0 spiro atoms. The average molecular weight is 459 g/mol. The SMILES string of the molecule is COc1ccc(S(=O)(=O)N2CCOCC2)cc1C(=O)N1CCCc2cc(C(C)C)ccc21. The molecule has 0 radical (unpaired) electrons. The molecule has 0 bridgehead atoms. The number of fused-ring (bicyclic) bond motifs is 1. The van der Waals surface area contributed by atoms with Crippen LogP contribution in [0, 0.1) is 0 Å². The number of methoxy groups -OCH3 is 1. The van der Waals surface area contributed by atoms with Gasteiger partial charge in [0.1, 0.15) is 5.75 Å². The molecule has 0 atom stereocenters. The summed E-state index contributed by atoms with van der Waals surface area (Å²) in [5.41, 5.74) is 3.53. The Kier molecular flexibility index (Phi) is 6.55. The Morgan fingerprint density at radius 3 is 2.50 bits per heavy atom. The molecule has 2 aliphatic rings. The third kappa shape index (κ3) is 4.27. The van der Waals surface area contributed by atoms with E-state index in [0.29, 0.717) is 44.5 Å². The van der Waals surface area contributed by atoms with Crippen molar-refractivity contribution in [3.63, 3.8) is 0 Å². The van der Waals surface area contributed by atoms with Gasteiger partial charge >= 0.3 is 0 Å². The third-order valence-electron chi connectivity index (χ3n) is 6.14. The van der Waals surface area contributed by atoms with Crippen molar-refractivity contribution in [3.05, 3.63) is 53.1 Å². The smallest absolute Gasteiger partial charge is 0.262 e. The van der Waals surface area contributed by atoms with Crippen LogP contribution in [-0.4, -0.2) is 58.6 Å². The number of hydrogen-bond acceptors (Lipinski definition) is 5. The zero-order valence-corrected chi connectivity index (χ0v) is 19.7. The van der Waals surface area contributed by atoms with Gasteiger partial charge in [0, 0.05) is 25.3 Å². The number of carbonyl (C=O) groups is 1. The molecule has 4 rings (SSSR count). The van der Waals surface area contributed by atoms with Gasteiger partial charge in [-0.3, -0.25) is 4.79 Å². The van der Waals surface area contributed by atoms with Crippen molar-refractivity contribution >= 4 is 21.6 Å². The van der Waals surface area contributed by atoms with Gasteiger partial charge in [-0.1, -0.05) is 26.0 Å². The van der Waals surface area contributed by atoms with Gasteiger partial charge in [0.25, 0.3) is 5.91 Å². The van der Waals surface area contributed by atoms with Gasteiger partial charge < -0.3 is 14.4 Å². The maximum atomic E-state index is 13.6. The number of morpholine rings is 1. The van der Waals surface area contributed by atoms with Gasteiger partial charge in [-0.05, 0) is 54.2 Å². The summed E-state index contributed by atoms with van der Waals surface area (Å²) in [6.07, 6.45) is 1.77. The van der Waals surface area contributed by atoms with Crippen LogP contribution in [0.1, 0.15) is 47.7 Å². The van der Waals surface area contributed by atoms with Crippen LogP contribution >= 0.6 is 0 Å². The Morgan fingerprint density at radius 1 is 1.06 bits per heavy atom. The molecule has 2 aromatic rings. The molecule has 1 amide bonds. The van der Waals surface area contributed by atoms with E-state index in [0.717, 1.165) is 24.1 Å². The zero-order valence-electron chi connectivity index (χ0n) is 18.8. The molecular formula is C24H30N2O5S. The summed E-state index contributed by atoms with van der Waals surface area (Å²) >= 11 is 0. The van der Waals surface area contributed by atoms with Gasteiger partial charge in [-0.15, -0.1) is 0 Å². The van der Waals surface area contributed by atoms with E-state index < -0.39 is 10.0 Å².